The number of esters is 1. The molecule has 1 fully saturated rings. The van der Waals surface area contributed by atoms with Gasteiger partial charge in [0, 0.05) is 0 Å². The van der Waals surface area contributed by atoms with Crippen molar-refractivity contribution >= 4 is 12.0 Å². The molecule has 1 heterocycles. The number of ether oxygens (including phenoxy) is 1. The number of benzene rings is 3. The maximum absolute atomic E-state index is 12.9. The van der Waals surface area contributed by atoms with E-state index in [1.54, 1.807) is 0 Å². The van der Waals surface area contributed by atoms with Gasteiger partial charge in [-0.3, -0.25) is 9.69 Å². The van der Waals surface area contributed by atoms with E-state index in [4.69, 9.17) is 4.74 Å². The van der Waals surface area contributed by atoms with Crippen LogP contribution in [0.25, 0.3) is 6.08 Å². The SMILES string of the molecule is CN1[C@H](C/C=C/c2ccccc2)C(=O)O[C@@H](c2ccccc2)[C@H]1c1ccccc1. The van der Waals surface area contributed by atoms with Crippen molar-refractivity contribution in [2.24, 2.45) is 0 Å². The summed E-state index contributed by atoms with van der Waals surface area (Å²) in [7, 11) is 2.02. The maximum atomic E-state index is 12.9. The highest BCUT2D eigenvalue weighted by Gasteiger charge is 2.42. The number of hydrogen-bond donors (Lipinski definition) is 0. The van der Waals surface area contributed by atoms with Crippen LogP contribution in [0, 0.1) is 0 Å². The molecular formula is C26H25NO2. The van der Waals surface area contributed by atoms with Crippen LogP contribution in [-0.2, 0) is 9.53 Å². The van der Waals surface area contributed by atoms with E-state index < -0.39 is 0 Å². The molecular weight excluding hydrogens is 358 g/mol. The summed E-state index contributed by atoms with van der Waals surface area (Å²) in [6.07, 6.45) is 4.39. The molecule has 0 N–H and O–H groups in total. The number of carbonyl (C=O) groups excluding carboxylic acids is 1. The van der Waals surface area contributed by atoms with Crippen LogP contribution < -0.4 is 0 Å². The van der Waals surface area contributed by atoms with E-state index in [2.05, 4.69) is 41.3 Å². The number of morpholine rings is 1. The molecule has 3 nitrogen and oxygen atoms in total. The number of likely N-dealkylation sites (N-methyl/N-ethyl adjacent to an activating group) is 1. The predicted octanol–water partition coefficient (Wildman–Crippen LogP) is 5.43. The molecule has 0 radical (unpaired) electrons. The molecule has 0 bridgehead atoms. The molecule has 3 aromatic carbocycles. The van der Waals surface area contributed by atoms with E-state index in [0.717, 1.165) is 16.7 Å². The smallest absolute Gasteiger partial charge is 0.324 e. The minimum atomic E-state index is -0.328. The fraction of sp³-hybridized carbons (Fsp3) is 0.192. The molecule has 0 spiro atoms. The molecule has 0 saturated carbocycles. The Balaban J connectivity index is 1.61. The van der Waals surface area contributed by atoms with Crippen LogP contribution in [0.2, 0.25) is 0 Å². The first-order chi connectivity index (χ1) is 14.2. The van der Waals surface area contributed by atoms with Gasteiger partial charge >= 0.3 is 5.97 Å². The molecule has 0 unspecified atom stereocenters. The second-order valence-electron chi connectivity index (χ2n) is 7.35. The largest absolute Gasteiger partial charge is 0.454 e. The topological polar surface area (TPSA) is 29.5 Å². The number of hydrogen-bond acceptors (Lipinski definition) is 3. The maximum Gasteiger partial charge on any atom is 0.324 e. The highest BCUT2D eigenvalue weighted by molar-refractivity contribution is 5.77. The third-order valence-corrected chi connectivity index (χ3v) is 5.47. The number of nitrogens with zero attached hydrogens (tertiary/aromatic N) is 1. The summed E-state index contributed by atoms with van der Waals surface area (Å²) >= 11 is 0. The van der Waals surface area contributed by atoms with Crippen LogP contribution in [0.4, 0.5) is 0 Å². The summed E-state index contributed by atoms with van der Waals surface area (Å²) in [4.78, 5) is 15.1. The predicted molar refractivity (Wildman–Crippen MR) is 116 cm³/mol. The first-order valence-electron chi connectivity index (χ1n) is 9.98. The fourth-order valence-electron chi connectivity index (χ4n) is 3.95. The van der Waals surface area contributed by atoms with Crippen molar-refractivity contribution in [1.29, 1.82) is 0 Å². The summed E-state index contributed by atoms with van der Waals surface area (Å²) in [6.45, 7) is 0. The van der Waals surface area contributed by atoms with Gasteiger partial charge in [-0.15, -0.1) is 0 Å². The Kier molecular flexibility index (Phi) is 5.87. The van der Waals surface area contributed by atoms with Crippen molar-refractivity contribution in [2.75, 3.05) is 7.05 Å². The lowest BCUT2D eigenvalue weighted by Crippen LogP contribution is -2.49. The summed E-state index contributed by atoms with van der Waals surface area (Å²) in [5.74, 6) is -0.175. The van der Waals surface area contributed by atoms with Crippen molar-refractivity contribution in [3.05, 3.63) is 114 Å². The van der Waals surface area contributed by atoms with Crippen molar-refractivity contribution in [3.63, 3.8) is 0 Å². The van der Waals surface area contributed by atoms with Crippen molar-refractivity contribution < 1.29 is 9.53 Å². The van der Waals surface area contributed by atoms with Gasteiger partial charge in [-0.2, -0.15) is 0 Å². The molecule has 1 aliphatic rings. The molecule has 3 heteroatoms. The number of rotatable bonds is 5. The Morgan fingerprint density at radius 1 is 0.828 bits per heavy atom. The van der Waals surface area contributed by atoms with Crippen LogP contribution in [0.1, 0.15) is 35.3 Å². The molecule has 3 aromatic rings. The van der Waals surface area contributed by atoms with Crippen molar-refractivity contribution in [1.82, 2.24) is 4.90 Å². The minimum absolute atomic E-state index is 0.0357. The van der Waals surface area contributed by atoms with Crippen LogP contribution >= 0.6 is 0 Å². The lowest BCUT2D eigenvalue weighted by Gasteiger charge is -2.43. The van der Waals surface area contributed by atoms with Gasteiger partial charge in [-0.25, -0.2) is 0 Å². The molecule has 0 amide bonds. The lowest BCUT2D eigenvalue weighted by molar-refractivity contribution is -0.173. The van der Waals surface area contributed by atoms with E-state index in [0.29, 0.717) is 6.42 Å². The van der Waals surface area contributed by atoms with Gasteiger partial charge in [0.2, 0.25) is 0 Å². The minimum Gasteiger partial charge on any atom is -0.454 e. The average Bonchev–Trinajstić information content (AvgIpc) is 2.77. The summed E-state index contributed by atoms with van der Waals surface area (Å²) in [5, 5.41) is 0. The molecule has 1 saturated heterocycles. The van der Waals surface area contributed by atoms with E-state index in [1.165, 1.54) is 0 Å². The van der Waals surface area contributed by atoms with Crippen molar-refractivity contribution in [3.8, 4) is 0 Å². The van der Waals surface area contributed by atoms with E-state index in [9.17, 15) is 4.79 Å². The first kappa shape index (κ1) is 19.2. The molecule has 0 aliphatic carbocycles. The van der Waals surface area contributed by atoms with Gasteiger partial charge in [-0.1, -0.05) is 103 Å². The fourth-order valence-corrected chi connectivity index (χ4v) is 3.95. The Morgan fingerprint density at radius 2 is 1.38 bits per heavy atom. The summed E-state index contributed by atoms with van der Waals surface area (Å²) in [6, 6.07) is 30.1. The van der Waals surface area contributed by atoms with Crippen LogP contribution in [0.15, 0.2) is 97.1 Å². The van der Waals surface area contributed by atoms with Crippen LogP contribution in [0.3, 0.4) is 0 Å². The second kappa shape index (κ2) is 8.89. The van der Waals surface area contributed by atoms with Gasteiger partial charge in [0.05, 0.1) is 6.04 Å². The Hall–Kier alpha value is -3.17. The third-order valence-electron chi connectivity index (χ3n) is 5.47. The number of carbonyl (C=O) groups is 1. The monoisotopic (exact) mass is 383 g/mol. The summed E-state index contributed by atoms with van der Waals surface area (Å²) in [5.41, 5.74) is 3.29. The Morgan fingerprint density at radius 3 is 2.00 bits per heavy atom. The van der Waals surface area contributed by atoms with E-state index in [1.807, 2.05) is 73.8 Å². The van der Waals surface area contributed by atoms with Crippen molar-refractivity contribution in [2.45, 2.75) is 24.6 Å². The zero-order chi connectivity index (χ0) is 20.1. The van der Waals surface area contributed by atoms with Gasteiger partial charge in [0.15, 0.2) is 0 Å². The third kappa shape index (κ3) is 4.30. The molecule has 3 atom stereocenters. The van der Waals surface area contributed by atoms with Gasteiger partial charge < -0.3 is 4.74 Å². The number of cyclic esters (lactones) is 1. The molecule has 0 aromatic heterocycles. The van der Waals surface area contributed by atoms with E-state index in [-0.39, 0.29) is 24.2 Å². The van der Waals surface area contributed by atoms with Crippen LogP contribution in [-0.4, -0.2) is 24.0 Å². The second-order valence-corrected chi connectivity index (χ2v) is 7.35. The zero-order valence-corrected chi connectivity index (χ0v) is 16.5. The molecule has 1 aliphatic heterocycles. The van der Waals surface area contributed by atoms with E-state index >= 15 is 0 Å². The average molecular weight is 383 g/mol. The Labute approximate surface area is 172 Å². The molecule has 146 valence electrons. The van der Waals surface area contributed by atoms with Gasteiger partial charge in [-0.05, 0) is 30.2 Å². The normalized spacial score (nSPS) is 22.5. The molecule has 4 rings (SSSR count). The van der Waals surface area contributed by atoms with Gasteiger partial charge in [0.1, 0.15) is 12.1 Å². The van der Waals surface area contributed by atoms with Gasteiger partial charge in [0.25, 0.3) is 0 Å². The molecule has 29 heavy (non-hydrogen) atoms. The standard InChI is InChI=1S/C26H25NO2/c1-27-23(19-11-14-20-12-5-2-6-13-20)26(28)29-25(22-17-9-4-10-18-22)24(27)21-15-7-3-8-16-21/h2-18,23-25H,19H2,1H3/b14-11+/t23-,24-,25+/m1/s1. The summed E-state index contributed by atoms with van der Waals surface area (Å²) < 4.78 is 6.01. The quantitative estimate of drug-likeness (QED) is 0.550. The highest BCUT2D eigenvalue weighted by atomic mass is 16.6. The van der Waals surface area contributed by atoms with Crippen LogP contribution in [0.5, 0.6) is 0 Å². The zero-order valence-electron chi connectivity index (χ0n) is 16.5. The lowest BCUT2D eigenvalue weighted by atomic mass is 9.91. The Bertz CT molecular complexity index is 954. The highest BCUT2D eigenvalue weighted by Crippen LogP contribution is 2.41. The first-order valence-corrected chi connectivity index (χ1v) is 9.98.